The molecule has 202 valence electrons. The average Bonchev–Trinajstić information content (AvgIpc) is 2.93. The maximum atomic E-state index is 2.89. The molecule has 0 aliphatic rings. The molecular formula is C35H46Si3Sn. The summed E-state index contributed by atoms with van der Waals surface area (Å²) in [6.45, 7) is 15.9. The second kappa shape index (κ2) is 12.7. The van der Waals surface area contributed by atoms with Gasteiger partial charge in [-0.25, -0.2) is 0 Å². The molecule has 4 aromatic carbocycles. The van der Waals surface area contributed by atoms with Crippen molar-refractivity contribution in [3.8, 4) is 0 Å². The second-order valence-corrected chi connectivity index (χ2v) is 45.3. The van der Waals surface area contributed by atoms with Crippen LogP contribution in [0.4, 0.5) is 0 Å². The molecule has 0 N–H and O–H groups in total. The third-order valence-electron chi connectivity index (χ3n) is 8.48. The zero-order valence-electron chi connectivity index (χ0n) is 24.8. The molecule has 0 fully saturated rings. The Morgan fingerprint density at radius 2 is 0.718 bits per heavy atom. The molecule has 0 heterocycles. The number of hydrogen-bond donors (Lipinski definition) is 0. The van der Waals surface area contributed by atoms with Crippen LogP contribution in [-0.4, -0.2) is 42.6 Å². The summed E-state index contributed by atoms with van der Waals surface area (Å²) in [7, 11) is -5.00. The zero-order valence-corrected chi connectivity index (χ0v) is 30.7. The van der Waals surface area contributed by atoms with Crippen molar-refractivity contribution in [2.45, 2.75) is 51.5 Å². The van der Waals surface area contributed by atoms with Crippen LogP contribution in [0.25, 0.3) is 6.08 Å². The predicted molar refractivity (Wildman–Crippen MR) is 186 cm³/mol. The van der Waals surface area contributed by atoms with E-state index in [1.54, 1.807) is 15.6 Å². The van der Waals surface area contributed by atoms with Gasteiger partial charge in [0.25, 0.3) is 0 Å². The van der Waals surface area contributed by atoms with Gasteiger partial charge < -0.3 is 0 Å². The standard InChI is InChI=1S/3C9H13Si.C8H7.Sn/c3*1-10(2,3)9-7-5-4-6-8-9;1-2-8-6-4-3-5-7-8;/h3*4-8H,1H2,2-3H3;1-7H;. The molecule has 0 spiro atoms. The van der Waals surface area contributed by atoms with Crippen molar-refractivity contribution < 1.29 is 0 Å². The fourth-order valence-corrected chi connectivity index (χ4v) is 82.5. The Kier molecular flexibility index (Phi) is 9.79. The van der Waals surface area contributed by atoms with E-state index in [1.165, 1.54) is 17.7 Å². The van der Waals surface area contributed by atoms with Gasteiger partial charge >= 0.3 is 247 Å². The molecule has 0 aromatic heterocycles. The fourth-order valence-electron chi connectivity index (χ4n) is 6.82. The van der Waals surface area contributed by atoms with Gasteiger partial charge in [-0.15, -0.1) is 0 Å². The summed E-state index contributed by atoms with van der Waals surface area (Å²) in [5, 5.41) is 4.87. The first kappa shape index (κ1) is 30.0. The van der Waals surface area contributed by atoms with Crippen LogP contribution in [0.1, 0.15) is 5.56 Å². The Morgan fingerprint density at radius 3 is 1.03 bits per heavy atom. The Hall–Kier alpha value is -1.93. The quantitative estimate of drug-likeness (QED) is 0.142. The third-order valence-corrected chi connectivity index (χ3v) is 62.2. The van der Waals surface area contributed by atoms with Crippen LogP contribution in [0, 0.1) is 0 Å². The topological polar surface area (TPSA) is 0 Å². The number of benzene rings is 4. The molecule has 4 heteroatoms. The molecule has 0 saturated heterocycles. The monoisotopic (exact) mass is 670 g/mol. The van der Waals surface area contributed by atoms with E-state index in [4.69, 9.17) is 0 Å². The van der Waals surface area contributed by atoms with Gasteiger partial charge in [-0.3, -0.25) is 0 Å². The van der Waals surface area contributed by atoms with Gasteiger partial charge in [0.15, 0.2) is 0 Å². The molecule has 0 bridgehead atoms. The molecule has 0 aliphatic carbocycles. The van der Waals surface area contributed by atoms with Crippen molar-refractivity contribution in [2.24, 2.45) is 0 Å². The molecule has 0 amide bonds. The molecule has 4 rings (SSSR count). The van der Waals surface area contributed by atoms with E-state index in [-0.39, 0.29) is 0 Å². The third kappa shape index (κ3) is 8.06. The van der Waals surface area contributed by atoms with Crippen molar-refractivity contribution in [3.63, 3.8) is 0 Å². The Bertz CT molecular complexity index is 1200. The first-order valence-electron chi connectivity index (χ1n) is 14.4. The van der Waals surface area contributed by atoms with E-state index in [9.17, 15) is 0 Å². The van der Waals surface area contributed by atoms with Crippen LogP contribution in [0.15, 0.2) is 125 Å². The van der Waals surface area contributed by atoms with E-state index < -0.39 is 42.6 Å². The maximum absolute atomic E-state index is 2.98. The van der Waals surface area contributed by atoms with Gasteiger partial charge in [-0.2, -0.15) is 0 Å². The molecule has 39 heavy (non-hydrogen) atoms. The summed E-state index contributed by atoms with van der Waals surface area (Å²) in [6, 6.07) is 45.7. The molecule has 0 nitrogen and oxygen atoms in total. The van der Waals surface area contributed by atoms with Gasteiger partial charge in [-0.05, 0) is 0 Å². The van der Waals surface area contributed by atoms with E-state index >= 15 is 0 Å². The van der Waals surface area contributed by atoms with Gasteiger partial charge in [0.2, 0.25) is 0 Å². The fraction of sp³-hybridized carbons (Fsp3) is 0.257. The Morgan fingerprint density at radius 1 is 0.436 bits per heavy atom. The summed E-state index contributed by atoms with van der Waals surface area (Å²) in [5.74, 6) is 0. The SMILES string of the molecule is C[Si](C)([CH2][Sn](/[CH]=C\c1ccccc1)([CH2][Si](C)(C)c1ccccc1)[CH2][Si](C)(C)c1ccccc1)c1ccccc1. The Labute approximate surface area is 245 Å². The van der Waals surface area contributed by atoms with Crippen molar-refractivity contribution in [1.82, 2.24) is 0 Å². The van der Waals surface area contributed by atoms with E-state index in [0.29, 0.717) is 0 Å². The average molecular weight is 670 g/mol. The van der Waals surface area contributed by atoms with Gasteiger partial charge in [0, 0.05) is 0 Å². The normalized spacial score (nSPS) is 13.1. The first-order valence-corrected chi connectivity index (χ1v) is 31.7. The van der Waals surface area contributed by atoms with Crippen LogP contribution in [-0.2, 0) is 0 Å². The van der Waals surface area contributed by atoms with E-state index in [0.717, 1.165) is 0 Å². The van der Waals surface area contributed by atoms with Crippen LogP contribution in [0.2, 0.25) is 51.5 Å². The van der Waals surface area contributed by atoms with Crippen LogP contribution >= 0.6 is 0 Å². The van der Waals surface area contributed by atoms with Gasteiger partial charge in [-0.1, -0.05) is 0 Å². The molecule has 0 aliphatic heterocycles. The van der Waals surface area contributed by atoms with Crippen molar-refractivity contribution in [2.75, 3.05) is 0 Å². The van der Waals surface area contributed by atoms with Crippen molar-refractivity contribution >= 4 is 64.2 Å². The van der Waals surface area contributed by atoms with Gasteiger partial charge in [0.05, 0.1) is 0 Å². The number of rotatable bonds is 11. The summed E-state index contributed by atoms with van der Waals surface area (Å²) < 4.78 is 7.31. The van der Waals surface area contributed by atoms with Gasteiger partial charge in [0.1, 0.15) is 0 Å². The molecule has 0 atom stereocenters. The van der Waals surface area contributed by atoms with Crippen LogP contribution in [0.3, 0.4) is 0 Å². The van der Waals surface area contributed by atoms with Crippen LogP contribution < -0.4 is 15.6 Å². The van der Waals surface area contributed by atoms with Crippen molar-refractivity contribution in [1.29, 1.82) is 0 Å². The molecule has 4 aromatic rings. The molecule has 0 radical (unpaired) electrons. The predicted octanol–water partition coefficient (Wildman–Crippen LogP) is 8.15. The first-order chi connectivity index (χ1) is 18.5. The van der Waals surface area contributed by atoms with Crippen LogP contribution in [0.5, 0.6) is 0 Å². The zero-order chi connectivity index (χ0) is 28.0. The van der Waals surface area contributed by atoms with E-state index in [2.05, 4.69) is 171 Å². The molecule has 0 unspecified atom stereocenters. The Balaban J connectivity index is 1.87. The molecular weight excluding hydrogens is 623 g/mol. The van der Waals surface area contributed by atoms with Crippen molar-refractivity contribution in [3.05, 3.63) is 131 Å². The summed E-state index contributed by atoms with van der Waals surface area (Å²) in [6.07, 6.45) is 2.54. The molecule has 0 saturated carbocycles. The summed E-state index contributed by atoms with van der Waals surface area (Å²) in [5.41, 5.74) is 1.36. The summed E-state index contributed by atoms with van der Waals surface area (Å²) >= 11 is -2.98. The van der Waals surface area contributed by atoms with E-state index in [1.807, 2.05) is 0 Å². The number of hydrogen-bond acceptors (Lipinski definition) is 0. The minimum absolute atomic E-state index is 1.36. The minimum atomic E-state index is -2.98. The second-order valence-electron chi connectivity index (χ2n) is 13.4. The summed E-state index contributed by atoms with van der Waals surface area (Å²) in [4.78, 5) is 0.